The number of unbranched alkanes of at least 4 members (excludes halogenated alkanes) is 12. The van der Waals surface area contributed by atoms with Crippen LogP contribution in [0.4, 0.5) is 0 Å². The van der Waals surface area contributed by atoms with Crippen molar-refractivity contribution in [2.75, 3.05) is 6.61 Å². The minimum atomic E-state index is -0.361. The summed E-state index contributed by atoms with van der Waals surface area (Å²) in [4.78, 5) is 23.5. The maximum Gasteiger partial charge on any atom is 0.306 e. The molecule has 27 heavy (non-hydrogen) atoms. The van der Waals surface area contributed by atoms with Crippen molar-refractivity contribution in [3.05, 3.63) is 0 Å². The molecule has 1 unspecified atom stereocenters. The van der Waals surface area contributed by atoms with E-state index in [1.165, 1.54) is 64.2 Å². The Morgan fingerprint density at radius 1 is 0.630 bits per heavy atom. The standard InChI is InChI=1S/C23H44O4/c1-4-6-8-10-11-12-13-15-17-19-23(25)27-21(3)20-26-22(24)18-16-14-9-7-5-2/h21H,4-20H2,1-3H3. The van der Waals surface area contributed by atoms with Crippen LogP contribution in [0.1, 0.15) is 124 Å². The third kappa shape index (κ3) is 19.5. The van der Waals surface area contributed by atoms with Crippen molar-refractivity contribution in [3.63, 3.8) is 0 Å². The lowest BCUT2D eigenvalue weighted by atomic mass is 10.1. The molecule has 0 saturated carbocycles. The zero-order chi connectivity index (χ0) is 20.2. The number of carbonyl (C=O) groups is 2. The van der Waals surface area contributed by atoms with Crippen LogP contribution in [0.15, 0.2) is 0 Å². The lowest BCUT2D eigenvalue weighted by Gasteiger charge is -2.13. The van der Waals surface area contributed by atoms with Gasteiger partial charge in [0.1, 0.15) is 12.7 Å². The van der Waals surface area contributed by atoms with Gasteiger partial charge in [-0.2, -0.15) is 0 Å². The molecule has 0 rings (SSSR count). The van der Waals surface area contributed by atoms with Crippen LogP contribution in [0, 0.1) is 0 Å². The van der Waals surface area contributed by atoms with Crippen LogP contribution < -0.4 is 0 Å². The largest absolute Gasteiger partial charge is 0.462 e. The summed E-state index contributed by atoms with van der Waals surface area (Å²) in [5.74, 6) is -0.366. The number of ether oxygens (including phenoxy) is 2. The molecule has 0 aromatic heterocycles. The predicted molar refractivity (Wildman–Crippen MR) is 112 cm³/mol. The van der Waals surface area contributed by atoms with E-state index in [1.807, 2.05) is 0 Å². The summed E-state index contributed by atoms with van der Waals surface area (Å²) in [6.07, 6.45) is 17.2. The first-order chi connectivity index (χ1) is 13.1. The molecule has 0 spiro atoms. The summed E-state index contributed by atoms with van der Waals surface area (Å²) in [5, 5.41) is 0. The minimum absolute atomic E-state index is 0.164. The SMILES string of the molecule is CCCCCCCCCCCC(=O)OC(C)COC(=O)CCCCCCC. The van der Waals surface area contributed by atoms with E-state index in [4.69, 9.17) is 9.47 Å². The third-order valence-electron chi connectivity index (χ3n) is 4.78. The molecule has 0 saturated heterocycles. The van der Waals surface area contributed by atoms with Crippen LogP contribution in [0.2, 0.25) is 0 Å². The van der Waals surface area contributed by atoms with Crippen LogP contribution in [-0.2, 0) is 19.1 Å². The monoisotopic (exact) mass is 384 g/mol. The van der Waals surface area contributed by atoms with E-state index in [2.05, 4.69) is 13.8 Å². The van der Waals surface area contributed by atoms with Crippen molar-refractivity contribution in [1.29, 1.82) is 0 Å². The molecule has 0 bridgehead atoms. The molecule has 0 aliphatic heterocycles. The second kappa shape index (κ2) is 19.7. The van der Waals surface area contributed by atoms with E-state index >= 15 is 0 Å². The molecular weight excluding hydrogens is 340 g/mol. The maximum absolute atomic E-state index is 11.8. The summed E-state index contributed by atoms with van der Waals surface area (Å²) in [6, 6.07) is 0. The summed E-state index contributed by atoms with van der Waals surface area (Å²) < 4.78 is 10.5. The lowest BCUT2D eigenvalue weighted by molar-refractivity contribution is -0.158. The van der Waals surface area contributed by atoms with Crippen molar-refractivity contribution >= 4 is 11.9 Å². The molecule has 0 fully saturated rings. The van der Waals surface area contributed by atoms with E-state index in [1.54, 1.807) is 6.92 Å². The summed E-state index contributed by atoms with van der Waals surface area (Å²) in [7, 11) is 0. The third-order valence-corrected chi connectivity index (χ3v) is 4.78. The predicted octanol–water partition coefficient (Wildman–Crippen LogP) is 6.74. The highest BCUT2D eigenvalue weighted by atomic mass is 16.6. The van der Waals surface area contributed by atoms with E-state index in [0.717, 1.165) is 25.7 Å². The molecule has 0 heterocycles. The fourth-order valence-corrected chi connectivity index (χ4v) is 3.05. The van der Waals surface area contributed by atoms with Gasteiger partial charge in [0.05, 0.1) is 0 Å². The van der Waals surface area contributed by atoms with Gasteiger partial charge in [0.2, 0.25) is 0 Å². The van der Waals surface area contributed by atoms with Gasteiger partial charge in [0.25, 0.3) is 0 Å². The number of esters is 2. The molecule has 0 N–H and O–H groups in total. The topological polar surface area (TPSA) is 52.6 Å². The van der Waals surface area contributed by atoms with Gasteiger partial charge in [-0.3, -0.25) is 9.59 Å². The first-order valence-corrected chi connectivity index (χ1v) is 11.4. The van der Waals surface area contributed by atoms with Crippen molar-refractivity contribution in [2.24, 2.45) is 0 Å². The van der Waals surface area contributed by atoms with Gasteiger partial charge >= 0.3 is 11.9 Å². The first-order valence-electron chi connectivity index (χ1n) is 11.4. The zero-order valence-electron chi connectivity index (χ0n) is 18.2. The normalized spacial score (nSPS) is 12.0. The van der Waals surface area contributed by atoms with E-state index < -0.39 is 0 Å². The number of hydrogen-bond donors (Lipinski definition) is 0. The smallest absolute Gasteiger partial charge is 0.306 e. The van der Waals surface area contributed by atoms with Crippen LogP contribution in [0.25, 0.3) is 0 Å². The number of hydrogen-bond acceptors (Lipinski definition) is 4. The summed E-state index contributed by atoms with van der Waals surface area (Å²) >= 11 is 0. The van der Waals surface area contributed by atoms with E-state index in [-0.39, 0.29) is 24.6 Å². The molecule has 0 amide bonds. The van der Waals surface area contributed by atoms with E-state index in [0.29, 0.717) is 12.8 Å². The van der Waals surface area contributed by atoms with Gasteiger partial charge < -0.3 is 9.47 Å². The quantitative estimate of drug-likeness (QED) is 0.183. The highest BCUT2D eigenvalue weighted by molar-refractivity contribution is 5.70. The number of carbonyl (C=O) groups excluding carboxylic acids is 2. The van der Waals surface area contributed by atoms with Crippen LogP contribution in [0.5, 0.6) is 0 Å². The average Bonchev–Trinajstić information content (AvgIpc) is 2.65. The highest BCUT2D eigenvalue weighted by Gasteiger charge is 2.12. The van der Waals surface area contributed by atoms with Crippen LogP contribution in [-0.4, -0.2) is 24.6 Å². The fourth-order valence-electron chi connectivity index (χ4n) is 3.05. The molecule has 0 radical (unpaired) electrons. The first kappa shape index (κ1) is 25.9. The molecule has 4 nitrogen and oxygen atoms in total. The molecule has 1 atom stereocenters. The van der Waals surface area contributed by atoms with Gasteiger partial charge in [0, 0.05) is 12.8 Å². The molecule has 0 aliphatic carbocycles. The molecular formula is C23H44O4. The Kier molecular flexibility index (Phi) is 18.9. The van der Waals surface area contributed by atoms with Gasteiger partial charge in [-0.1, -0.05) is 90.9 Å². The Labute approximate surface area is 167 Å². The van der Waals surface area contributed by atoms with Gasteiger partial charge in [-0.05, 0) is 19.8 Å². The number of rotatable bonds is 19. The van der Waals surface area contributed by atoms with E-state index in [9.17, 15) is 9.59 Å². The second-order valence-corrected chi connectivity index (χ2v) is 7.73. The minimum Gasteiger partial charge on any atom is -0.462 e. The zero-order valence-corrected chi connectivity index (χ0v) is 18.2. The van der Waals surface area contributed by atoms with Crippen LogP contribution >= 0.6 is 0 Å². The molecule has 0 aliphatic rings. The Morgan fingerprint density at radius 3 is 1.52 bits per heavy atom. The molecule has 0 aromatic carbocycles. The average molecular weight is 385 g/mol. The lowest BCUT2D eigenvalue weighted by Crippen LogP contribution is -2.22. The van der Waals surface area contributed by atoms with Crippen LogP contribution in [0.3, 0.4) is 0 Å². The van der Waals surface area contributed by atoms with Gasteiger partial charge in [-0.15, -0.1) is 0 Å². The molecule has 160 valence electrons. The second-order valence-electron chi connectivity index (χ2n) is 7.73. The van der Waals surface area contributed by atoms with Crippen molar-refractivity contribution in [3.8, 4) is 0 Å². The van der Waals surface area contributed by atoms with Crippen molar-refractivity contribution < 1.29 is 19.1 Å². The summed E-state index contributed by atoms with van der Waals surface area (Å²) in [6.45, 7) is 6.35. The molecule has 0 aromatic rings. The maximum atomic E-state index is 11.8. The van der Waals surface area contributed by atoms with Gasteiger partial charge in [-0.25, -0.2) is 0 Å². The van der Waals surface area contributed by atoms with Crippen molar-refractivity contribution in [2.45, 2.75) is 130 Å². The highest BCUT2D eigenvalue weighted by Crippen LogP contribution is 2.11. The summed E-state index contributed by atoms with van der Waals surface area (Å²) in [5.41, 5.74) is 0. The Balaban J connectivity index is 3.49. The molecule has 4 heteroatoms. The van der Waals surface area contributed by atoms with Crippen molar-refractivity contribution in [1.82, 2.24) is 0 Å². The Morgan fingerprint density at radius 2 is 1.04 bits per heavy atom. The fraction of sp³-hybridized carbons (Fsp3) is 0.913. The Bertz CT molecular complexity index is 354. The Hall–Kier alpha value is -1.06. The van der Waals surface area contributed by atoms with Gasteiger partial charge in [0.15, 0.2) is 0 Å².